The molecule has 0 unspecified atom stereocenters. The van der Waals surface area contributed by atoms with Crippen LogP contribution in [0.3, 0.4) is 0 Å². The summed E-state index contributed by atoms with van der Waals surface area (Å²) < 4.78 is 5.07. The van der Waals surface area contributed by atoms with E-state index in [-0.39, 0.29) is 12.5 Å². The van der Waals surface area contributed by atoms with Gasteiger partial charge in [0.1, 0.15) is 6.61 Å². The molecule has 4 nitrogen and oxygen atoms in total. The number of aryl methyl sites for hydroxylation is 2. The van der Waals surface area contributed by atoms with Crippen molar-refractivity contribution in [2.24, 2.45) is 5.73 Å². The Morgan fingerprint density at radius 3 is 3.00 bits per heavy atom. The molecule has 0 heterocycles. The predicted molar refractivity (Wildman–Crippen MR) is 67.0 cm³/mol. The summed E-state index contributed by atoms with van der Waals surface area (Å²) in [7, 11) is 0. The van der Waals surface area contributed by atoms with E-state index in [9.17, 15) is 4.79 Å². The quantitative estimate of drug-likeness (QED) is 0.749. The number of anilines is 1. The number of hydrogen-bond acceptors (Lipinski definition) is 3. The Balaban J connectivity index is 1.88. The number of carbonyl (C=O) groups is 1. The van der Waals surface area contributed by atoms with E-state index in [1.807, 2.05) is 6.07 Å². The van der Waals surface area contributed by atoms with Gasteiger partial charge < -0.3 is 15.8 Å². The molecule has 0 atom stereocenters. The lowest BCUT2D eigenvalue weighted by atomic mass is 10.1. The minimum Gasteiger partial charge on any atom is -0.370 e. The third-order valence-electron chi connectivity index (χ3n) is 2.88. The smallest absolute Gasteiger partial charge is 0.250 e. The lowest BCUT2D eigenvalue weighted by molar-refractivity contribution is -0.120. The molecule has 1 amide bonds. The van der Waals surface area contributed by atoms with Gasteiger partial charge in [-0.3, -0.25) is 4.79 Å². The molecule has 1 aromatic rings. The minimum absolute atomic E-state index is 0.0638. The van der Waals surface area contributed by atoms with Crippen LogP contribution in [0.15, 0.2) is 18.2 Å². The van der Waals surface area contributed by atoms with Crippen LogP contribution in [0.25, 0.3) is 0 Å². The highest BCUT2D eigenvalue weighted by Crippen LogP contribution is 2.24. The zero-order valence-electron chi connectivity index (χ0n) is 9.87. The largest absolute Gasteiger partial charge is 0.370 e. The van der Waals surface area contributed by atoms with Gasteiger partial charge >= 0.3 is 0 Å². The fourth-order valence-electron chi connectivity index (χ4n) is 2.09. The minimum atomic E-state index is -0.128. The standard InChI is InChI=1S/C13H18N2O2/c14-6-7-17-9-13(16)15-12-5-4-10-2-1-3-11(10)8-12/h4-5,8H,1-3,6-7,9,14H2,(H,15,16). The van der Waals surface area contributed by atoms with Gasteiger partial charge in [0, 0.05) is 12.2 Å². The SMILES string of the molecule is NCCOCC(=O)Nc1ccc2c(c1)CCC2. The number of benzene rings is 1. The number of rotatable bonds is 5. The Bertz CT molecular complexity index is 404. The summed E-state index contributed by atoms with van der Waals surface area (Å²) in [6, 6.07) is 6.10. The number of carbonyl (C=O) groups excluding carboxylic acids is 1. The van der Waals surface area contributed by atoms with Gasteiger partial charge in [-0.05, 0) is 42.5 Å². The van der Waals surface area contributed by atoms with Crippen LogP contribution in [0.4, 0.5) is 5.69 Å². The van der Waals surface area contributed by atoms with E-state index >= 15 is 0 Å². The summed E-state index contributed by atoms with van der Waals surface area (Å²) >= 11 is 0. The molecule has 1 aliphatic carbocycles. The Morgan fingerprint density at radius 1 is 1.35 bits per heavy atom. The number of nitrogens with two attached hydrogens (primary N) is 1. The number of hydrogen-bond donors (Lipinski definition) is 2. The maximum absolute atomic E-state index is 11.5. The second-order valence-corrected chi connectivity index (χ2v) is 4.23. The van der Waals surface area contributed by atoms with E-state index in [0.717, 1.165) is 18.5 Å². The monoisotopic (exact) mass is 234 g/mol. The van der Waals surface area contributed by atoms with Gasteiger partial charge in [-0.25, -0.2) is 0 Å². The number of ether oxygens (including phenoxy) is 1. The molecular weight excluding hydrogens is 216 g/mol. The average Bonchev–Trinajstić information content (AvgIpc) is 2.76. The second kappa shape index (κ2) is 5.80. The van der Waals surface area contributed by atoms with Gasteiger partial charge in [-0.1, -0.05) is 6.07 Å². The summed E-state index contributed by atoms with van der Waals surface area (Å²) in [5.74, 6) is -0.128. The van der Waals surface area contributed by atoms with Crippen molar-refractivity contribution in [2.75, 3.05) is 25.1 Å². The zero-order valence-corrected chi connectivity index (χ0v) is 9.87. The Labute approximate surface area is 101 Å². The molecule has 4 heteroatoms. The van der Waals surface area contributed by atoms with E-state index in [4.69, 9.17) is 10.5 Å². The molecule has 1 aromatic carbocycles. The van der Waals surface area contributed by atoms with Gasteiger partial charge in [-0.2, -0.15) is 0 Å². The fourth-order valence-corrected chi connectivity index (χ4v) is 2.09. The topological polar surface area (TPSA) is 64.3 Å². The highest BCUT2D eigenvalue weighted by atomic mass is 16.5. The Kier molecular flexibility index (Phi) is 4.12. The molecule has 0 bridgehead atoms. The molecule has 92 valence electrons. The molecular formula is C13H18N2O2. The molecule has 0 aliphatic heterocycles. The van der Waals surface area contributed by atoms with E-state index in [1.165, 1.54) is 17.5 Å². The van der Waals surface area contributed by atoms with E-state index < -0.39 is 0 Å². The number of nitrogens with one attached hydrogen (secondary N) is 1. The highest BCUT2D eigenvalue weighted by molar-refractivity contribution is 5.91. The summed E-state index contributed by atoms with van der Waals surface area (Å²) in [4.78, 5) is 11.5. The van der Waals surface area contributed by atoms with Crippen LogP contribution in [-0.4, -0.2) is 25.7 Å². The Morgan fingerprint density at radius 2 is 2.18 bits per heavy atom. The first-order valence-corrected chi connectivity index (χ1v) is 5.99. The van der Waals surface area contributed by atoms with Crippen molar-refractivity contribution in [3.63, 3.8) is 0 Å². The molecule has 0 fully saturated rings. The van der Waals surface area contributed by atoms with Crippen molar-refractivity contribution in [3.8, 4) is 0 Å². The fraction of sp³-hybridized carbons (Fsp3) is 0.462. The summed E-state index contributed by atoms with van der Waals surface area (Å²) in [5.41, 5.74) is 8.88. The maximum Gasteiger partial charge on any atom is 0.250 e. The highest BCUT2D eigenvalue weighted by Gasteiger charge is 2.11. The molecule has 0 saturated heterocycles. The molecule has 0 aromatic heterocycles. The first kappa shape index (κ1) is 12.1. The molecule has 0 saturated carbocycles. The molecule has 3 N–H and O–H groups in total. The van der Waals surface area contributed by atoms with Crippen LogP contribution in [0.1, 0.15) is 17.5 Å². The first-order valence-electron chi connectivity index (χ1n) is 5.99. The summed E-state index contributed by atoms with van der Waals surface area (Å²) in [6.07, 6.45) is 3.48. The van der Waals surface area contributed by atoms with Crippen molar-refractivity contribution in [2.45, 2.75) is 19.3 Å². The average molecular weight is 234 g/mol. The van der Waals surface area contributed by atoms with Crippen molar-refractivity contribution < 1.29 is 9.53 Å². The predicted octanol–water partition coefficient (Wildman–Crippen LogP) is 1.09. The van der Waals surface area contributed by atoms with E-state index in [2.05, 4.69) is 17.4 Å². The van der Waals surface area contributed by atoms with Gasteiger partial charge in [0.15, 0.2) is 0 Å². The molecule has 0 spiro atoms. The van der Waals surface area contributed by atoms with Gasteiger partial charge in [0.2, 0.25) is 5.91 Å². The third-order valence-corrected chi connectivity index (χ3v) is 2.88. The van der Waals surface area contributed by atoms with Crippen molar-refractivity contribution >= 4 is 11.6 Å². The zero-order chi connectivity index (χ0) is 12.1. The van der Waals surface area contributed by atoms with Crippen LogP contribution in [0, 0.1) is 0 Å². The molecule has 0 radical (unpaired) electrons. The summed E-state index contributed by atoms with van der Waals surface area (Å²) in [6.45, 7) is 0.915. The van der Waals surface area contributed by atoms with Crippen LogP contribution >= 0.6 is 0 Å². The van der Waals surface area contributed by atoms with Gasteiger partial charge in [-0.15, -0.1) is 0 Å². The summed E-state index contributed by atoms with van der Waals surface area (Å²) in [5, 5.41) is 2.83. The number of amides is 1. The van der Waals surface area contributed by atoms with Gasteiger partial charge in [0.25, 0.3) is 0 Å². The normalized spacial score (nSPS) is 13.5. The van der Waals surface area contributed by atoms with Crippen LogP contribution in [0.5, 0.6) is 0 Å². The molecule has 2 rings (SSSR count). The van der Waals surface area contributed by atoms with Crippen LogP contribution < -0.4 is 11.1 Å². The number of fused-ring (bicyclic) bond motifs is 1. The first-order chi connectivity index (χ1) is 8.29. The van der Waals surface area contributed by atoms with Crippen molar-refractivity contribution in [1.29, 1.82) is 0 Å². The molecule has 1 aliphatic rings. The maximum atomic E-state index is 11.5. The van der Waals surface area contributed by atoms with Gasteiger partial charge in [0.05, 0.1) is 6.61 Å². The van der Waals surface area contributed by atoms with E-state index in [1.54, 1.807) is 0 Å². The second-order valence-electron chi connectivity index (χ2n) is 4.23. The lowest BCUT2D eigenvalue weighted by Crippen LogP contribution is -2.20. The van der Waals surface area contributed by atoms with Crippen LogP contribution in [-0.2, 0) is 22.4 Å². The third kappa shape index (κ3) is 3.28. The van der Waals surface area contributed by atoms with Crippen molar-refractivity contribution in [3.05, 3.63) is 29.3 Å². The van der Waals surface area contributed by atoms with E-state index in [0.29, 0.717) is 13.2 Å². The van der Waals surface area contributed by atoms with Crippen molar-refractivity contribution in [1.82, 2.24) is 0 Å². The lowest BCUT2D eigenvalue weighted by Gasteiger charge is -2.07. The Hall–Kier alpha value is -1.39. The molecule has 17 heavy (non-hydrogen) atoms. The van der Waals surface area contributed by atoms with Crippen LogP contribution in [0.2, 0.25) is 0 Å².